The van der Waals surface area contributed by atoms with Gasteiger partial charge in [-0.25, -0.2) is 9.59 Å². The number of hydrogen-bond donors (Lipinski definition) is 4. The van der Waals surface area contributed by atoms with Gasteiger partial charge in [0.05, 0.1) is 25.4 Å². The highest BCUT2D eigenvalue weighted by atomic mass is 16.7. The predicted molar refractivity (Wildman–Crippen MR) is 110 cm³/mol. The van der Waals surface area contributed by atoms with Gasteiger partial charge >= 0.3 is 11.9 Å². The Labute approximate surface area is 197 Å². The number of rotatable bonds is 11. The van der Waals surface area contributed by atoms with Gasteiger partial charge in [-0.15, -0.1) is 0 Å². The lowest BCUT2D eigenvalue weighted by Crippen LogP contribution is -2.60. The van der Waals surface area contributed by atoms with E-state index in [1.807, 2.05) is 0 Å². The van der Waals surface area contributed by atoms with Crippen LogP contribution < -0.4 is 5.90 Å². The van der Waals surface area contributed by atoms with Crippen molar-refractivity contribution in [3.05, 3.63) is 0 Å². The van der Waals surface area contributed by atoms with E-state index in [9.17, 15) is 24.9 Å². The molecule has 2 saturated heterocycles. The summed E-state index contributed by atoms with van der Waals surface area (Å²) in [6.07, 6.45) is -9.18. The molecule has 2 aliphatic rings. The van der Waals surface area contributed by atoms with E-state index in [1.54, 1.807) is 13.8 Å². The van der Waals surface area contributed by atoms with E-state index >= 15 is 0 Å². The molecule has 10 unspecified atom stereocenters. The molecule has 2 aliphatic heterocycles. The quantitative estimate of drug-likeness (QED) is 0.167. The van der Waals surface area contributed by atoms with Crippen LogP contribution in [0.15, 0.2) is 0 Å². The largest absolute Gasteiger partial charge is 0.455 e. The summed E-state index contributed by atoms with van der Waals surface area (Å²) >= 11 is 0. The highest BCUT2D eigenvalue weighted by Gasteiger charge is 2.46. The van der Waals surface area contributed by atoms with Gasteiger partial charge in [-0.1, -0.05) is 0 Å². The van der Waals surface area contributed by atoms with Gasteiger partial charge < -0.3 is 53.3 Å². The second-order valence-electron chi connectivity index (χ2n) is 8.11. The molecule has 14 nitrogen and oxygen atoms in total. The van der Waals surface area contributed by atoms with E-state index in [1.165, 1.54) is 14.2 Å². The number of ether oxygens (including phenoxy) is 7. The Bertz CT molecular complexity index is 652. The van der Waals surface area contributed by atoms with Crippen LogP contribution in [0.1, 0.15) is 13.8 Å². The average Bonchev–Trinajstić information content (AvgIpc) is 2.80. The number of nitrogens with two attached hydrogens (primary N) is 1. The molecule has 10 atom stereocenters. The van der Waals surface area contributed by atoms with Crippen molar-refractivity contribution in [3.8, 4) is 0 Å². The number of aliphatic hydroxyl groups is 3. The summed E-state index contributed by atoms with van der Waals surface area (Å²) in [5.74, 6) is 3.20. The Morgan fingerprint density at radius 3 is 1.79 bits per heavy atom. The molecule has 0 amide bonds. The zero-order valence-corrected chi connectivity index (χ0v) is 19.6. The van der Waals surface area contributed by atoms with Gasteiger partial charge in [-0.05, 0) is 13.8 Å². The zero-order valence-electron chi connectivity index (χ0n) is 19.6. The Morgan fingerprint density at radius 2 is 1.26 bits per heavy atom. The maximum Gasteiger partial charge on any atom is 0.350 e. The van der Waals surface area contributed by atoms with Crippen LogP contribution in [0.2, 0.25) is 0 Å². The molecule has 0 aromatic heterocycles. The fraction of sp³-hybridized carbons (Fsp3) is 0.900. The van der Waals surface area contributed by atoms with Crippen molar-refractivity contribution in [3.63, 3.8) is 0 Å². The van der Waals surface area contributed by atoms with Crippen molar-refractivity contribution >= 4 is 11.9 Å². The maximum atomic E-state index is 12.3. The monoisotopic (exact) mass is 497 g/mol. The Morgan fingerprint density at radius 1 is 0.765 bits per heavy atom. The standard InChI is InChI=1S/C20H35NO13/c1-9-15(24)16(25)19(27-3)11(31-9)5-29-7-13(22)33-18-10(2)32-12(20(28-4)17(18)26)6-30-8-14(23)34-21/h9-12,15-20,24-26H,5-8,21H2,1-4H3. The minimum atomic E-state index is -1.25. The average molecular weight is 497 g/mol. The fourth-order valence-corrected chi connectivity index (χ4v) is 3.99. The molecule has 198 valence electrons. The van der Waals surface area contributed by atoms with Gasteiger partial charge in [-0.2, -0.15) is 5.90 Å². The van der Waals surface area contributed by atoms with Crippen LogP contribution in [-0.4, -0.2) is 129 Å². The van der Waals surface area contributed by atoms with E-state index in [0.29, 0.717) is 0 Å². The number of esters is 1. The summed E-state index contributed by atoms with van der Waals surface area (Å²) in [6.45, 7) is 2.12. The van der Waals surface area contributed by atoms with Crippen LogP contribution in [0.5, 0.6) is 0 Å². The molecule has 0 spiro atoms. The number of methoxy groups -OCH3 is 2. The summed E-state index contributed by atoms with van der Waals surface area (Å²) in [4.78, 5) is 27.4. The van der Waals surface area contributed by atoms with Crippen molar-refractivity contribution in [2.75, 3.05) is 40.6 Å². The normalized spacial score (nSPS) is 38.4. The van der Waals surface area contributed by atoms with Crippen LogP contribution in [-0.2, 0) is 47.6 Å². The third kappa shape index (κ3) is 7.27. The molecule has 2 heterocycles. The SMILES string of the molecule is COC1C(COCC(=O)OC2C(C)OC(COCC(=O)ON)C(OC)C2O)OC(C)C(O)C1O. The molecular formula is C20H35NO13. The van der Waals surface area contributed by atoms with Crippen molar-refractivity contribution in [2.45, 2.75) is 74.9 Å². The fourth-order valence-electron chi connectivity index (χ4n) is 3.99. The number of aliphatic hydroxyl groups excluding tert-OH is 3. The Hall–Kier alpha value is -1.46. The van der Waals surface area contributed by atoms with Gasteiger partial charge in [0.1, 0.15) is 55.9 Å². The number of hydrogen-bond acceptors (Lipinski definition) is 14. The lowest BCUT2D eigenvalue weighted by atomic mass is 9.95. The Kier molecular flexibility index (Phi) is 11.5. The summed E-state index contributed by atoms with van der Waals surface area (Å²) in [6, 6.07) is 0. The highest BCUT2D eigenvalue weighted by Crippen LogP contribution is 2.26. The van der Waals surface area contributed by atoms with Gasteiger partial charge in [0, 0.05) is 14.2 Å². The molecule has 14 heteroatoms. The first-order chi connectivity index (χ1) is 16.1. The van der Waals surface area contributed by atoms with Crippen molar-refractivity contribution in [2.24, 2.45) is 5.90 Å². The zero-order chi connectivity index (χ0) is 25.4. The molecular weight excluding hydrogens is 462 g/mol. The molecule has 5 N–H and O–H groups in total. The third-order valence-corrected chi connectivity index (χ3v) is 5.76. The van der Waals surface area contributed by atoms with E-state index < -0.39 is 86.2 Å². The molecule has 2 fully saturated rings. The summed E-state index contributed by atoms with van der Waals surface area (Å²) < 4.78 is 37.7. The minimum absolute atomic E-state index is 0.0974. The van der Waals surface area contributed by atoms with Crippen LogP contribution in [0.3, 0.4) is 0 Å². The van der Waals surface area contributed by atoms with Crippen molar-refractivity contribution < 1.29 is 62.9 Å². The lowest BCUT2D eigenvalue weighted by Gasteiger charge is -2.42. The van der Waals surface area contributed by atoms with Crippen LogP contribution in [0.25, 0.3) is 0 Å². The number of carbonyl (C=O) groups is 2. The van der Waals surface area contributed by atoms with E-state index in [4.69, 9.17) is 39.1 Å². The topological polar surface area (TPSA) is 195 Å². The van der Waals surface area contributed by atoms with Crippen molar-refractivity contribution in [1.29, 1.82) is 0 Å². The first-order valence-corrected chi connectivity index (χ1v) is 10.8. The van der Waals surface area contributed by atoms with E-state index in [0.717, 1.165) is 0 Å². The third-order valence-electron chi connectivity index (χ3n) is 5.76. The van der Waals surface area contributed by atoms with Crippen LogP contribution in [0.4, 0.5) is 0 Å². The summed E-state index contributed by atoms with van der Waals surface area (Å²) in [5, 5.41) is 30.7. The second-order valence-corrected chi connectivity index (χ2v) is 8.11. The molecule has 2 rings (SSSR count). The molecule has 0 aliphatic carbocycles. The lowest BCUT2D eigenvalue weighted by molar-refractivity contribution is -0.246. The van der Waals surface area contributed by atoms with Gasteiger partial charge in [0.2, 0.25) is 0 Å². The smallest absolute Gasteiger partial charge is 0.350 e. The minimum Gasteiger partial charge on any atom is -0.455 e. The molecule has 0 aromatic carbocycles. The van der Waals surface area contributed by atoms with Crippen LogP contribution >= 0.6 is 0 Å². The van der Waals surface area contributed by atoms with E-state index in [-0.39, 0.29) is 13.2 Å². The molecule has 34 heavy (non-hydrogen) atoms. The summed E-state index contributed by atoms with van der Waals surface area (Å²) in [7, 11) is 2.71. The van der Waals surface area contributed by atoms with Gasteiger partial charge in [-0.3, -0.25) is 0 Å². The first-order valence-electron chi connectivity index (χ1n) is 10.8. The first kappa shape index (κ1) is 28.8. The van der Waals surface area contributed by atoms with Gasteiger partial charge in [0.25, 0.3) is 0 Å². The molecule has 0 aromatic rings. The maximum absolute atomic E-state index is 12.3. The predicted octanol–water partition coefficient (Wildman–Crippen LogP) is -2.96. The van der Waals surface area contributed by atoms with Gasteiger partial charge in [0.15, 0.2) is 6.10 Å². The second kappa shape index (κ2) is 13.6. The number of carbonyl (C=O) groups excluding carboxylic acids is 2. The summed E-state index contributed by atoms with van der Waals surface area (Å²) in [5.41, 5.74) is 0. The molecule has 0 saturated carbocycles. The molecule has 0 radical (unpaired) electrons. The van der Waals surface area contributed by atoms with Crippen LogP contribution in [0, 0.1) is 0 Å². The molecule has 0 bridgehead atoms. The highest BCUT2D eigenvalue weighted by molar-refractivity contribution is 5.71. The van der Waals surface area contributed by atoms with E-state index in [2.05, 4.69) is 4.84 Å². The van der Waals surface area contributed by atoms with Crippen molar-refractivity contribution in [1.82, 2.24) is 0 Å². The Balaban J connectivity index is 1.84.